The van der Waals surface area contributed by atoms with E-state index in [2.05, 4.69) is 10.1 Å². The smallest absolute Gasteiger partial charge is 0.343 e. The molecule has 4 rings (SSSR count). The molecule has 0 aliphatic carbocycles. The van der Waals surface area contributed by atoms with Crippen LogP contribution in [0.5, 0.6) is 11.5 Å². The van der Waals surface area contributed by atoms with Crippen molar-refractivity contribution in [3.8, 4) is 11.5 Å². The number of hydrogen-bond acceptors (Lipinski definition) is 7. The monoisotopic (exact) mass is 384 g/mol. The van der Waals surface area contributed by atoms with Gasteiger partial charge in [-0.1, -0.05) is 6.07 Å². The SMILES string of the molecule is CCOC(=O)c1c[nH]n2c(=O)cc(CN(C)Cc3ccc4c(c3)OCO4)nc12. The Morgan fingerprint density at radius 3 is 2.93 bits per heavy atom. The van der Waals surface area contributed by atoms with Crippen molar-refractivity contribution in [2.75, 3.05) is 20.4 Å². The number of benzene rings is 1. The zero-order valence-electron chi connectivity index (χ0n) is 15.6. The molecule has 0 fully saturated rings. The first-order chi connectivity index (χ1) is 13.5. The maximum atomic E-state index is 12.4. The Hall–Kier alpha value is -3.33. The Kier molecular flexibility index (Phi) is 4.74. The molecule has 0 saturated heterocycles. The number of carbonyl (C=O) groups is 1. The van der Waals surface area contributed by atoms with Crippen LogP contribution in [0.2, 0.25) is 0 Å². The van der Waals surface area contributed by atoms with Crippen LogP contribution in [0.25, 0.3) is 5.65 Å². The van der Waals surface area contributed by atoms with E-state index in [9.17, 15) is 9.59 Å². The molecule has 146 valence electrons. The standard InChI is InChI=1S/C19H20N4O5/c1-3-26-19(25)14-8-20-23-17(24)7-13(21-18(14)23)10-22(2)9-12-4-5-15-16(6-12)28-11-27-15/h4-8,20H,3,9-11H2,1-2H3. The molecule has 1 aliphatic heterocycles. The van der Waals surface area contributed by atoms with Crippen molar-refractivity contribution in [1.82, 2.24) is 19.5 Å². The van der Waals surface area contributed by atoms with Gasteiger partial charge >= 0.3 is 5.97 Å². The van der Waals surface area contributed by atoms with Crippen LogP contribution in [0.3, 0.4) is 0 Å². The lowest BCUT2D eigenvalue weighted by Crippen LogP contribution is -2.22. The summed E-state index contributed by atoms with van der Waals surface area (Å²) in [6.45, 7) is 3.28. The van der Waals surface area contributed by atoms with Crippen molar-refractivity contribution < 1.29 is 19.0 Å². The topological polar surface area (TPSA) is 98.2 Å². The van der Waals surface area contributed by atoms with Crippen LogP contribution in [0.15, 0.2) is 35.3 Å². The van der Waals surface area contributed by atoms with Gasteiger partial charge in [0.1, 0.15) is 5.56 Å². The Morgan fingerprint density at radius 2 is 2.11 bits per heavy atom. The first kappa shape index (κ1) is 18.1. The van der Waals surface area contributed by atoms with Crippen molar-refractivity contribution >= 4 is 11.6 Å². The Morgan fingerprint density at radius 1 is 1.29 bits per heavy atom. The summed E-state index contributed by atoms with van der Waals surface area (Å²) in [5.74, 6) is 0.958. The van der Waals surface area contributed by atoms with Crippen LogP contribution >= 0.6 is 0 Å². The van der Waals surface area contributed by atoms with Gasteiger partial charge in [0, 0.05) is 25.4 Å². The number of hydrogen-bond donors (Lipinski definition) is 1. The first-order valence-corrected chi connectivity index (χ1v) is 8.89. The van der Waals surface area contributed by atoms with Crippen molar-refractivity contribution in [3.63, 3.8) is 0 Å². The van der Waals surface area contributed by atoms with E-state index in [0.717, 1.165) is 17.1 Å². The van der Waals surface area contributed by atoms with E-state index < -0.39 is 5.97 Å². The molecule has 9 heteroatoms. The van der Waals surface area contributed by atoms with Crippen LogP contribution in [0.1, 0.15) is 28.5 Å². The summed E-state index contributed by atoms with van der Waals surface area (Å²) in [5, 5.41) is 2.74. The van der Waals surface area contributed by atoms with E-state index in [-0.39, 0.29) is 30.2 Å². The first-order valence-electron chi connectivity index (χ1n) is 8.89. The molecule has 3 aromatic rings. The summed E-state index contributed by atoms with van der Waals surface area (Å²) in [6, 6.07) is 7.25. The third kappa shape index (κ3) is 3.44. The molecule has 0 unspecified atom stereocenters. The summed E-state index contributed by atoms with van der Waals surface area (Å²) in [5.41, 5.74) is 1.83. The minimum Gasteiger partial charge on any atom is -0.462 e. The number of H-pyrrole nitrogens is 1. The molecule has 9 nitrogen and oxygen atoms in total. The molecule has 0 saturated carbocycles. The van der Waals surface area contributed by atoms with E-state index in [4.69, 9.17) is 14.2 Å². The lowest BCUT2D eigenvalue weighted by atomic mass is 10.2. The van der Waals surface area contributed by atoms with Gasteiger partial charge in [0.15, 0.2) is 17.1 Å². The summed E-state index contributed by atoms with van der Waals surface area (Å²) in [4.78, 5) is 30.9. The maximum absolute atomic E-state index is 12.4. The molecule has 1 aliphatic rings. The summed E-state index contributed by atoms with van der Waals surface area (Å²) in [7, 11) is 1.93. The molecule has 0 spiro atoms. The number of aromatic amines is 1. The van der Waals surface area contributed by atoms with Gasteiger partial charge in [-0.15, -0.1) is 0 Å². The summed E-state index contributed by atoms with van der Waals surface area (Å²) in [6.07, 6.45) is 1.43. The number of ether oxygens (including phenoxy) is 3. The maximum Gasteiger partial charge on any atom is 0.343 e. The average Bonchev–Trinajstić information content (AvgIpc) is 3.28. The van der Waals surface area contributed by atoms with Gasteiger partial charge in [0.05, 0.1) is 12.3 Å². The van der Waals surface area contributed by atoms with Crippen molar-refractivity contribution in [2.45, 2.75) is 20.0 Å². The molecule has 0 atom stereocenters. The van der Waals surface area contributed by atoms with Gasteiger partial charge in [-0.2, -0.15) is 0 Å². The second-order valence-electron chi connectivity index (χ2n) is 6.51. The Bertz CT molecular complexity index is 1090. The second-order valence-corrected chi connectivity index (χ2v) is 6.51. The van der Waals surface area contributed by atoms with Crippen molar-refractivity contribution in [1.29, 1.82) is 0 Å². The second kappa shape index (κ2) is 7.35. The fraction of sp³-hybridized carbons (Fsp3) is 0.316. The van der Waals surface area contributed by atoms with E-state index in [1.807, 2.05) is 30.1 Å². The van der Waals surface area contributed by atoms with Crippen molar-refractivity contribution in [3.05, 3.63) is 57.6 Å². The predicted octanol–water partition coefficient (Wildman–Crippen LogP) is 1.56. The third-order valence-electron chi connectivity index (χ3n) is 4.37. The molecule has 28 heavy (non-hydrogen) atoms. The van der Waals surface area contributed by atoms with Crippen LogP contribution < -0.4 is 15.0 Å². The number of aromatic nitrogens is 3. The largest absolute Gasteiger partial charge is 0.462 e. The number of nitrogens with zero attached hydrogens (tertiary/aromatic N) is 3. The van der Waals surface area contributed by atoms with Gasteiger partial charge in [0.2, 0.25) is 6.79 Å². The highest BCUT2D eigenvalue weighted by molar-refractivity contribution is 5.95. The van der Waals surface area contributed by atoms with E-state index >= 15 is 0 Å². The number of fused-ring (bicyclic) bond motifs is 2. The quantitative estimate of drug-likeness (QED) is 0.644. The molecule has 0 amide bonds. The molecule has 1 N–H and O–H groups in total. The number of carbonyl (C=O) groups excluding carboxylic acids is 1. The minimum atomic E-state index is -0.515. The molecule has 1 aromatic carbocycles. The van der Waals surface area contributed by atoms with Gasteiger partial charge in [0.25, 0.3) is 5.56 Å². The zero-order valence-corrected chi connectivity index (χ0v) is 15.6. The third-order valence-corrected chi connectivity index (χ3v) is 4.37. The van der Waals surface area contributed by atoms with Gasteiger partial charge in [-0.25, -0.2) is 14.3 Å². The summed E-state index contributed by atoms with van der Waals surface area (Å²) < 4.78 is 17.0. The minimum absolute atomic E-state index is 0.235. The molecular weight excluding hydrogens is 364 g/mol. The highest BCUT2D eigenvalue weighted by atomic mass is 16.7. The van der Waals surface area contributed by atoms with E-state index in [0.29, 0.717) is 18.8 Å². The molecule has 0 radical (unpaired) electrons. The van der Waals surface area contributed by atoms with Crippen LogP contribution in [-0.4, -0.2) is 45.9 Å². The number of esters is 1. The lowest BCUT2D eigenvalue weighted by Gasteiger charge is -2.16. The summed E-state index contributed by atoms with van der Waals surface area (Å²) >= 11 is 0. The van der Waals surface area contributed by atoms with Crippen LogP contribution in [0, 0.1) is 0 Å². The predicted molar refractivity (Wildman–Crippen MR) is 99.5 cm³/mol. The Labute approximate surface area is 160 Å². The van der Waals surface area contributed by atoms with E-state index in [1.54, 1.807) is 6.92 Å². The van der Waals surface area contributed by atoms with Crippen LogP contribution in [-0.2, 0) is 17.8 Å². The number of nitrogens with one attached hydrogen (secondary N) is 1. The highest BCUT2D eigenvalue weighted by Gasteiger charge is 2.18. The van der Waals surface area contributed by atoms with Gasteiger partial charge in [-0.3, -0.25) is 14.8 Å². The average molecular weight is 384 g/mol. The molecule has 2 aromatic heterocycles. The highest BCUT2D eigenvalue weighted by Crippen LogP contribution is 2.32. The normalized spacial score (nSPS) is 12.7. The van der Waals surface area contributed by atoms with E-state index in [1.165, 1.54) is 16.8 Å². The van der Waals surface area contributed by atoms with Crippen LogP contribution in [0.4, 0.5) is 0 Å². The zero-order chi connectivity index (χ0) is 19.7. The number of rotatable bonds is 6. The molecule has 3 heterocycles. The molecular formula is C19H20N4O5. The van der Waals surface area contributed by atoms with Gasteiger partial charge < -0.3 is 14.2 Å². The molecule has 0 bridgehead atoms. The van der Waals surface area contributed by atoms with Gasteiger partial charge in [-0.05, 0) is 31.7 Å². The fourth-order valence-electron chi connectivity index (χ4n) is 3.15. The lowest BCUT2D eigenvalue weighted by molar-refractivity contribution is 0.0528. The fourth-order valence-corrected chi connectivity index (χ4v) is 3.15. The Balaban J connectivity index is 1.54. The van der Waals surface area contributed by atoms with Crippen molar-refractivity contribution in [2.24, 2.45) is 0 Å².